The Balaban J connectivity index is 1.84. The predicted molar refractivity (Wildman–Crippen MR) is 77.3 cm³/mol. The van der Waals surface area contributed by atoms with E-state index in [0.29, 0.717) is 17.9 Å². The van der Waals surface area contributed by atoms with E-state index >= 15 is 0 Å². The molecule has 0 saturated carbocycles. The van der Waals surface area contributed by atoms with Gasteiger partial charge in [0, 0.05) is 19.5 Å². The third-order valence-corrected chi connectivity index (χ3v) is 3.98. The van der Waals surface area contributed by atoms with E-state index in [0.717, 1.165) is 24.8 Å². The molecule has 0 aliphatic carbocycles. The highest BCUT2D eigenvalue weighted by atomic mass is 16.4. The van der Waals surface area contributed by atoms with Gasteiger partial charge in [-0.05, 0) is 30.9 Å². The van der Waals surface area contributed by atoms with Crippen molar-refractivity contribution >= 4 is 17.4 Å². The van der Waals surface area contributed by atoms with E-state index in [4.69, 9.17) is 5.11 Å². The van der Waals surface area contributed by atoms with Crippen LogP contribution in [-0.2, 0) is 11.2 Å². The molecule has 0 bridgehead atoms. The fraction of sp³-hybridized carbons (Fsp3) is 0.571. The Hall–Kier alpha value is -2.18. The molecule has 1 N–H and O–H groups in total. The monoisotopic (exact) mass is 289 g/mol. The number of aromatic nitrogens is 4. The van der Waals surface area contributed by atoms with E-state index in [1.807, 2.05) is 12.1 Å². The number of rotatable bonds is 4. The molecule has 112 valence electrons. The van der Waals surface area contributed by atoms with Gasteiger partial charge < -0.3 is 10.0 Å². The van der Waals surface area contributed by atoms with E-state index in [-0.39, 0.29) is 6.42 Å². The van der Waals surface area contributed by atoms with Crippen LogP contribution in [0.4, 0.5) is 5.82 Å². The molecule has 2 aromatic heterocycles. The number of carboxylic acid groups (broad SMARTS) is 1. The fourth-order valence-corrected chi connectivity index (χ4v) is 2.60. The summed E-state index contributed by atoms with van der Waals surface area (Å²) >= 11 is 0. The summed E-state index contributed by atoms with van der Waals surface area (Å²) in [5, 5.41) is 21.4. The van der Waals surface area contributed by atoms with Crippen LogP contribution < -0.4 is 4.90 Å². The maximum absolute atomic E-state index is 10.7. The molecule has 0 radical (unpaired) electrons. The summed E-state index contributed by atoms with van der Waals surface area (Å²) in [5.74, 6) is 1.43. The summed E-state index contributed by atoms with van der Waals surface area (Å²) in [6, 6.07) is 3.85. The third kappa shape index (κ3) is 2.96. The number of anilines is 1. The van der Waals surface area contributed by atoms with Crippen LogP contribution in [0.5, 0.6) is 0 Å². The van der Waals surface area contributed by atoms with Gasteiger partial charge in [0.15, 0.2) is 11.5 Å². The molecule has 7 nitrogen and oxygen atoms in total. The maximum Gasteiger partial charge on any atom is 0.303 e. The number of piperidine rings is 1. The number of carbonyl (C=O) groups is 1. The van der Waals surface area contributed by atoms with Crippen molar-refractivity contribution in [3.05, 3.63) is 18.0 Å². The van der Waals surface area contributed by atoms with Crippen LogP contribution in [0.15, 0.2) is 12.1 Å². The van der Waals surface area contributed by atoms with Gasteiger partial charge in [0.25, 0.3) is 0 Å². The second-order valence-corrected chi connectivity index (χ2v) is 5.64. The Morgan fingerprint density at radius 2 is 2.10 bits per heavy atom. The van der Waals surface area contributed by atoms with E-state index in [9.17, 15) is 4.79 Å². The molecule has 0 amide bonds. The number of hydrogen-bond acceptors (Lipinski definition) is 5. The molecule has 7 heteroatoms. The highest BCUT2D eigenvalue weighted by Crippen LogP contribution is 2.21. The van der Waals surface area contributed by atoms with Crippen LogP contribution >= 0.6 is 0 Å². The molecule has 0 spiro atoms. The Labute approximate surface area is 122 Å². The molecule has 21 heavy (non-hydrogen) atoms. The summed E-state index contributed by atoms with van der Waals surface area (Å²) in [7, 11) is 0. The zero-order valence-electron chi connectivity index (χ0n) is 12.1. The van der Waals surface area contributed by atoms with Gasteiger partial charge in [0.2, 0.25) is 0 Å². The van der Waals surface area contributed by atoms with E-state index in [2.05, 4.69) is 27.1 Å². The van der Waals surface area contributed by atoms with Crippen LogP contribution in [-0.4, -0.2) is 44.0 Å². The lowest BCUT2D eigenvalue weighted by atomic mass is 9.99. The molecule has 3 rings (SSSR count). The summed E-state index contributed by atoms with van der Waals surface area (Å²) < 4.78 is 1.66. The molecule has 0 aromatic carbocycles. The Morgan fingerprint density at radius 3 is 2.81 bits per heavy atom. The third-order valence-electron chi connectivity index (χ3n) is 3.98. The highest BCUT2D eigenvalue weighted by molar-refractivity contribution is 5.66. The lowest BCUT2D eigenvalue weighted by Gasteiger charge is -2.30. The molecule has 1 fully saturated rings. The lowest BCUT2D eigenvalue weighted by Crippen LogP contribution is -2.33. The average molecular weight is 289 g/mol. The Morgan fingerprint density at radius 1 is 1.33 bits per heavy atom. The number of hydrogen-bond donors (Lipinski definition) is 1. The summed E-state index contributed by atoms with van der Waals surface area (Å²) in [5.41, 5.74) is 0.657. The Bertz CT molecular complexity index is 646. The molecule has 1 saturated heterocycles. The molecule has 0 unspecified atom stereocenters. The first-order valence-corrected chi connectivity index (χ1v) is 7.31. The first kappa shape index (κ1) is 13.8. The van der Waals surface area contributed by atoms with Gasteiger partial charge in [-0.2, -0.15) is 4.52 Å². The molecule has 2 aromatic rings. The fourth-order valence-electron chi connectivity index (χ4n) is 2.60. The number of aliphatic carboxylic acids is 1. The normalized spacial score (nSPS) is 16.5. The molecule has 0 atom stereocenters. The average Bonchev–Trinajstić information content (AvgIpc) is 2.88. The number of aryl methyl sites for hydroxylation is 1. The maximum atomic E-state index is 10.7. The second kappa shape index (κ2) is 5.67. The van der Waals surface area contributed by atoms with Gasteiger partial charge >= 0.3 is 5.97 Å². The van der Waals surface area contributed by atoms with E-state index in [1.165, 1.54) is 12.8 Å². The van der Waals surface area contributed by atoms with Crippen LogP contribution in [0, 0.1) is 5.92 Å². The van der Waals surface area contributed by atoms with Crippen LogP contribution in [0.1, 0.15) is 32.0 Å². The summed E-state index contributed by atoms with van der Waals surface area (Å²) in [6.07, 6.45) is 2.72. The Kier molecular flexibility index (Phi) is 3.72. The second-order valence-electron chi connectivity index (χ2n) is 5.64. The number of fused-ring (bicyclic) bond motifs is 1. The van der Waals surface area contributed by atoms with E-state index < -0.39 is 5.97 Å². The minimum atomic E-state index is -0.840. The predicted octanol–water partition coefficient (Wildman–Crippen LogP) is 1.38. The van der Waals surface area contributed by atoms with E-state index in [1.54, 1.807) is 4.52 Å². The highest BCUT2D eigenvalue weighted by Gasteiger charge is 2.18. The van der Waals surface area contributed by atoms with Crippen molar-refractivity contribution < 1.29 is 9.90 Å². The minimum Gasteiger partial charge on any atom is -0.481 e. The molecular formula is C14H19N5O2. The van der Waals surface area contributed by atoms with Gasteiger partial charge in [0.05, 0.1) is 6.42 Å². The van der Waals surface area contributed by atoms with Gasteiger partial charge in [0.1, 0.15) is 5.82 Å². The van der Waals surface area contributed by atoms with Crippen molar-refractivity contribution in [2.45, 2.75) is 32.6 Å². The SMILES string of the molecule is CC1CCN(c2ccc3nnc(CCC(=O)O)n3n2)CC1. The molecule has 1 aliphatic rings. The molecular weight excluding hydrogens is 270 g/mol. The van der Waals surface area contributed by atoms with Gasteiger partial charge in [-0.3, -0.25) is 4.79 Å². The largest absolute Gasteiger partial charge is 0.481 e. The van der Waals surface area contributed by atoms with Crippen molar-refractivity contribution in [2.24, 2.45) is 5.92 Å². The van der Waals surface area contributed by atoms with Gasteiger partial charge in [-0.25, -0.2) is 0 Å². The lowest BCUT2D eigenvalue weighted by molar-refractivity contribution is -0.137. The zero-order valence-corrected chi connectivity index (χ0v) is 12.1. The van der Waals surface area contributed by atoms with Crippen molar-refractivity contribution in [2.75, 3.05) is 18.0 Å². The summed E-state index contributed by atoms with van der Waals surface area (Å²) in [6.45, 7) is 4.29. The first-order valence-electron chi connectivity index (χ1n) is 7.31. The summed E-state index contributed by atoms with van der Waals surface area (Å²) in [4.78, 5) is 13.0. The minimum absolute atomic E-state index is 0.0356. The van der Waals surface area contributed by atoms with Gasteiger partial charge in [-0.1, -0.05) is 6.92 Å². The van der Waals surface area contributed by atoms with Crippen molar-refractivity contribution in [1.29, 1.82) is 0 Å². The zero-order chi connectivity index (χ0) is 14.8. The number of carboxylic acids is 1. The van der Waals surface area contributed by atoms with Crippen LogP contribution in [0.3, 0.4) is 0 Å². The topological polar surface area (TPSA) is 83.6 Å². The van der Waals surface area contributed by atoms with Crippen LogP contribution in [0.2, 0.25) is 0 Å². The van der Waals surface area contributed by atoms with Gasteiger partial charge in [-0.15, -0.1) is 15.3 Å². The standard InChI is InChI=1S/C14H19N5O2/c1-10-6-8-18(9-7-10)13-3-2-11-15-16-12(19(11)17-13)4-5-14(20)21/h2-3,10H,4-9H2,1H3,(H,20,21). The quantitative estimate of drug-likeness (QED) is 0.915. The molecule has 1 aliphatic heterocycles. The van der Waals surface area contributed by atoms with Crippen molar-refractivity contribution in [1.82, 2.24) is 19.8 Å². The smallest absolute Gasteiger partial charge is 0.303 e. The molecule has 3 heterocycles. The van der Waals surface area contributed by atoms with Crippen molar-refractivity contribution in [3.8, 4) is 0 Å². The van der Waals surface area contributed by atoms with Crippen molar-refractivity contribution in [3.63, 3.8) is 0 Å². The number of nitrogens with zero attached hydrogens (tertiary/aromatic N) is 5. The first-order chi connectivity index (χ1) is 10.1. The van der Waals surface area contributed by atoms with Crippen LogP contribution in [0.25, 0.3) is 5.65 Å².